The van der Waals surface area contributed by atoms with Crippen molar-refractivity contribution < 1.29 is 0 Å². The van der Waals surface area contributed by atoms with Crippen LogP contribution in [0.1, 0.15) is 34.1 Å². The molecular weight excluding hydrogens is 168 g/mol. The highest BCUT2D eigenvalue weighted by Crippen LogP contribution is 1.93. The van der Waals surface area contributed by atoms with Gasteiger partial charge in [0.25, 0.3) is 0 Å². The van der Waals surface area contributed by atoms with Gasteiger partial charge in [-0.15, -0.1) is 0 Å². The first-order valence-corrected chi connectivity index (χ1v) is 5.11. The smallest absolute Gasteiger partial charge is 0.169 e. The van der Waals surface area contributed by atoms with E-state index in [0.717, 1.165) is 24.6 Å². The molecule has 0 aromatic carbocycles. The molecule has 0 aromatic rings. The highest BCUT2D eigenvalue weighted by atomic mass is 32.1. The van der Waals surface area contributed by atoms with Crippen molar-refractivity contribution in [2.24, 2.45) is 0 Å². The average Bonchev–Trinajstić information content (AvgIpc) is 2.06. The van der Waals surface area contributed by atoms with Crippen molar-refractivity contribution >= 4 is 17.3 Å². The fourth-order valence-corrected chi connectivity index (χ4v) is 1.37. The molecule has 0 saturated heterocycles. The molecule has 1 N–H and O–H groups in total. The summed E-state index contributed by atoms with van der Waals surface area (Å²) < 4.78 is 0. The van der Waals surface area contributed by atoms with Crippen molar-refractivity contribution in [3.05, 3.63) is 0 Å². The van der Waals surface area contributed by atoms with Crippen LogP contribution < -0.4 is 5.32 Å². The third-order valence-corrected chi connectivity index (χ3v) is 2.41. The molecule has 0 heterocycles. The van der Waals surface area contributed by atoms with Crippen molar-refractivity contribution in [2.75, 3.05) is 13.1 Å². The van der Waals surface area contributed by atoms with Gasteiger partial charge in [0.1, 0.15) is 0 Å². The zero-order valence-corrected chi connectivity index (χ0v) is 9.37. The summed E-state index contributed by atoms with van der Waals surface area (Å²) in [6, 6.07) is 0.484. The van der Waals surface area contributed by atoms with Gasteiger partial charge in [-0.05, 0) is 39.4 Å². The van der Waals surface area contributed by atoms with Crippen LogP contribution in [-0.4, -0.2) is 29.1 Å². The number of rotatable bonds is 4. The monoisotopic (exact) mass is 188 g/mol. The first-order chi connectivity index (χ1) is 5.65. The van der Waals surface area contributed by atoms with Crippen molar-refractivity contribution in [2.45, 2.75) is 40.2 Å². The molecule has 0 amide bonds. The van der Waals surface area contributed by atoms with E-state index in [9.17, 15) is 0 Å². The Morgan fingerprint density at radius 2 is 1.83 bits per heavy atom. The largest absolute Gasteiger partial charge is 0.360 e. The molecule has 1 atom stereocenters. The Morgan fingerprint density at radius 1 is 1.33 bits per heavy atom. The minimum absolute atomic E-state index is 0.484. The van der Waals surface area contributed by atoms with Gasteiger partial charge in [0.2, 0.25) is 0 Å². The molecule has 0 rings (SSSR count). The molecule has 0 unspecified atom stereocenters. The summed E-state index contributed by atoms with van der Waals surface area (Å²) in [6.45, 7) is 10.5. The van der Waals surface area contributed by atoms with Gasteiger partial charge >= 0.3 is 0 Å². The summed E-state index contributed by atoms with van der Waals surface area (Å²) in [5.74, 6) is 0. The normalized spacial score (nSPS) is 12.3. The predicted molar refractivity (Wildman–Crippen MR) is 58.4 cm³/mol. The van der Waals surface area contributed by atoms with Gasteiger partial charge in [0.15, 0.2) is 5.11 Å². The predicted octanol–water partition coefficient (Wildman–Crippen LogP) is 2.00. The van der Waals surface area contributed by atoms with Gasteiger partial charge in [-0.1, -0.05) is 6.92 Å². The molecule has 0 aromatic heterocycles. The quantitative estimate of drug-likeness (QED) is 0.679. The third-order valence-electron chi connectivity index (χ3n) is 2.03. The number of hydrogen-bond acceptors (Lipinski definition) is 1. The third kappa shape index (κ3) is 3.90. The summed E-state index contributed by atoms with van der Waals surface area (Å²) in [6.07, 6.45) is 1.11. The van der Waals surface area contributed by atoms with Crippen LogP contribution in [0.25, 0.3) is 0 Å². The molecule has 0 saturated carbocycles. The molecule has 0 fully saturated rings. The SMILES string of the molecule is CC[C@@H](C)NC(=S)N(CC)CC. The topological polar surface area (TPSA) is 15.3 Å². The highest BCUT2D eigenvalue weighted by Gasteiger charge is 2.06. The van der Waals surface area contributed by atoms with Crippen LogP contribution in [0.2, 0.25) is 0 Å². The molecule has 0 bridgehead atoms. The number of hydrogen-bond donors (Lipinski definition) is 1. The van der Waals surface area contributed by atoms with Crippen molar-refractivity contribution in [1.82, 2.24) is 10.2 Å². The number of thiocarbonyl (C=S) groups is 1. The van der Waals surface area contributed by atoms with Gasteiger partial charge in [-0.3, -0.25) is 0 Å². The molecule has 2 nitrogen and oxygen atoms in total. The molecule has 0 spiro atoms. The van der Waals surface area contributed by atoms with E-state index in [4.69, 9.17) is 12.2 Å². The number of nitrogens with zero attached hydrogens (tertiary/aromatic N) is 1. The molecule has 12 heavy (non-hydrogen) atoms. The molecule has 3 heteroatoms. The van der Waals surface area contributed by atoms with E-state index < -0.39 is 0 Å². The second-order valence-corrected chi connectivity index (χ2v) is 3.32. The second-order valence-electron chi connectivity index (χ2n) is 2.93. The van der Waals surface area contributed by atoms with E-state index in [1.165, 1.54) is 0 Å². The van der Waals surface area contributed by atoms with E-state index in [1.54, 1.807) is 0 Å². The average molecular weight is 188 g/mol. The lowest BCUT2D eigenvalue weighted by atomic mass is 10.3. The minimum atomic E-state index is 0.484. The van der Waals surface area contributed by atoms with E-state index in [1.807, 2.05) is 0 Å². The Morgan fingerprint density at radius 3 is 2.17 bits per heavy atom. The summed E-state index contributed by atoms with van der Waals surface area (Å²) in [5, 5.41) is 4.17. The standard InChI is InChI=1S/C9H20N2S/c1-5-8(4)10-9(12)11(6-2)7-3/h8H,5-7H2,1-4H3,(H,10,12)/t8-/m1/s1. The molecule has 72 valence electrons. The molecule has 0 radical (unpaired) electrons. The van der Waals surface area contributed by atoms with Gasteiger partial charge in [-0.25, -0.2) is 0 Å². The van der Waals surface area contributed by atoms with Crippen molar-refractivity contribution in [1.29, 1.82) is 0 Å². The molecule has 0 aliphatic carbocycles. The Labute approximate surface area is 81.3 Å². The Balaban J connectivity index is 3.84. The minimum Gasteiger partial charge on any atom is -0.360 e. The zero-order chi connectivity index (χ0) is 9.56. The first-order valence-electron chi connectivity index (χ1n) is 4.71. The van der Waals surface area contributed by atoms with Crippen molar-refractivity contribution in [3.63, 3.8) is 0 Å². The van der Waals surface area contributed by atoms with E-state index >= 15 is 0 Å². The van der Waals surface area contributed by atoms with Crippen LogP contribution in [0, 0.1) is 0 Å². The van der Waals surface area contributed by atoms with Crippen LogP contribution in [0.4, 0.5) is 0 Å². The summed E-state index contributed by atoms with van der Waals surface area (Å²) in [4.78, 5) is 2.15. The van der Waals surface area contributed by atoms with E-state index in [0.29, 0.717) is 6.04 Å². The van der Waals surface area contributed by atoms with Crippen LogP contribution in [0.5, 0.6) is 0 Å². The fourth-order valence-electron chi connectivity index (χ4n) is 0.915. The van der Waals surface area contributed by atoms with Gasteiger partial charge in [-0.2, -0.15) is 0 Å². The summed E-state index contributed by atoms with van der Waals surface area (Å²) in [7, 11) is 0. The van der Waals surface area contributed by atoms with Gasteiger partial charge < -0.3 is 10.2 Å². The number of nitrogens with one attached hydrogen (secondary N) is 1. The molecule has 0 aliphatic rings. The van der Waals surface area contributed by atoms with Crippen LogP contribution in [0.3, 0.4) is 0 Å². The maximum absolute atomic E-state index is 5.23. The van der Waals surface area contributed by atoms with Crippen LogP contribution in [-0.2, 0) is 0 Å². The maximum atomic E-state index is 5.23. The van der Waals surface area contributed by atoms with E-state index in [2.05, 4.69) is 37.9 Å². The van der Waals surface area contributed by atoms with Gasteiger partial charge in [0, 0.05) is 19.1 Å². The second kappa shape index (κ2) is 6.23. The molecule has 0 aliphatic heterocycles. The van der Waals surface area contributed by atoms with Crippen LogP contribution >= 0.6 is 12.2 Å². The zero-order valence-electron chi connectivity index (χ0n) is 8.55. The fraction of sp³-hybridized carbons (Fsp3) is 0.889. The highest BCUT2D eigenvalue weighted by molar-refractivity contribution is 7.80. The Bertz CT molecular complexity index is 132. The summed E-state index contributed by atoms with van der Waals surface area (Å²) >= 11 is 5.23. The summed E-state index contributed by atoms with van der Waals surface area (Å²) in [5.41, 5.74) is 0. The van der Waals surface area contributed by atoms with E-state index in [-0.39, 0.29) is 0 Å². The lowest BCUT2D eigenvalue weighted by Crippen LogP contribution is -2.43. The maximum Gasteiger partial charge on any atom is 0.169 e. The van der Waals surface area contributed by atoms with Crippen LogP contribution in [0.15, 0.2) is 0 Å². The van der Waals surface area contributed by atoms with Crippen molar-refractivity contribution in [3.8, 4) is 0 Å². The lowest BCUT2D eigenvalue weighted by Gasteiger charge is -2.24. The Kier molecular flexibility index (Phi) is 6.07. The first kappa shape index (κ1) is 11.7. The van der Waals surface area contributed by atoms with Gasteiger partial charge in [0.05, 0.1) is 0 Å². The molecular formula is C9H20N2S. The lowest BCUT2D eigenvalue weighted by molar-refractivity contribution is 0.445. The Hall–Kier alpha value is -0.310.